The molecule has 0 saturated heterocycles. The molecule has 0 aromatic heterocycles. The van der Waals surface area contributed by atoms with Gasteiger partial charge in [0.25, 0.3) is 0 Å². The number of benzene rings is 3. The Morgan fingerprint density at radius 1 is 0.875 bits per heavy atom. The predicted octanol–water partition coefficient (Wildman–Crippen LogP) is 6.73. The first-order chi connectivity index (χ1) is 15.0. The summed E-state index contributed by atoms with van der Waals surface area (Å²) >= 11 is 0. The van der Waals surface area contributed by atoms with Crippen LogP contribution in [-0.2, 0) is 15.6 Å². The Balaban J connectivity index is 1.90. The maximum atomic E-state index is 12.2. The van der Waals surface area contributed by atoms with Gasteiger partial charge in [0.1, 0.15) is 0 Å². The van der Waals surface area contributed by atoms with E-state index in [1.165, 1.54) is 11.1 Å². The average Bonchev–Trinajstić information content (AvgIpc) is 2.75. The van der Waals surface area contributed by atoms with Crippen molar-refractivity contribution in [2.45, 2.75) is 58.3 Å². The zero-order chi connectivity index (χ0) is 23.3. The number of ether oxygens (including phenoxy) is 1. The molecule has 4 rings (SSSR count). The van der Waals surface area contributed by atoms with Crippen LogP contribution in [0.1, 0.15) is 79.3 Å². The lowest BCUT2D eigenvalue weighted by atomic mass is 9.62. The van der Waals surface area contributed by atoms with Gasteiger partial charge in [0, 0.05) is 0 Å². The van der Waals surface area contributed by atoms with E-state index in [2.05, 4.69) is 45.9 Å². The first-order valence-electron chi connectivity index (χ1n) is 11.2. The van der Waals surface area contributed by atoms with Gasteiger partial charge in [-0.05, 0) is 94.0 Å². The number of carbonyl (C=O) groups is 2. The van der Waals surface area contributed by atoms with Crippen LogP contribution in [0, 0.1) is 0 Å². The molecule has 0 fully saturated rings. The summed E-state index contributed by atoms with van der Waals surface area (Å²) in [4.78, 5) is 24.2. The monoisotopic (exact) mass is 430 g/mol. The second kappa shape index (κ2) is 7.77. The molecule has 166 valence electrons. The van der Waals surface area contributed by atoms with Gasteiger partial charge in [0.2, 0.25) is 0 Å². The third-order valence-electron chi connectivity index (χ3n) is 6.88. The molecule has 3 aromatic rings. The summed E-state index contributed by atoms with van der Waals surface area (Å²) in [6.07, 6.45) is 2.17. The minimum atomic E-state index is -0.937. The van der Waals surface area contributed by atoms with E-state index < -0.39 is 5.97 Å². The van der Waals surface area contributed by atoms with Gasteiger partial charge in [-0.2, -0.15) is 0 Å². The Bertz CT molecular complexity index is 1220. The molecule has 0 aliphatic heterocycles. The van der Waals surface area contributed by atoms with E-state index in [0.717, 1.165) is 34.7 Å². The Hall–Kier alpha value is -3.14. The lowest BCUT2D eigenvalue weighted by molar-refractivity contribution is 0.0526. The van der Waals surface area contributed by atoms with Crippen molar-refractivity contribution < 1.29 is 19.4 Å². The number of carboxylic acids is 1. The minimum Gasteiger partial charge on any atom is -0.478 e. The fourth-order valence-electron chi connectivity index (χ4n) is 4.78. The van der Waals surface area contributed by atoms with Gasteiger partial charge in [0.15, 0.2) is 0 Å². The third kappa shape index (κ3) is 3.79. The van der Waals surface area contributed by atoms with Crippen LogP contribution in [0.5, 0.6) is 0 Å². The molecular weight excluding hydrogens is 400 g/mol. The van der Waals surface area contributed by atoms with Gasteiger partial charge in [-0.1, -0.05) is 45.9 Å². The number of aromatic carboxylic acids is 1. The number of hydrogen-bond donors (Lipinski definition) is 1. The maximum Gasteiger partial charge on any atom is 0.338 e. The highest BCUT2D eigenvalue weighted by Gasteiger charge is 2.37. The first kappa shape index (κ1) is 22.1. The Morgan fingerprint density at radius 2 is 1.47 bits per heavy atom. The van der Waals surface area contributed by atoms with E-state index in [1.807, 2.05) is 12.1 Å². The first-order valence-corrected chi connectivity index (χ1v) is 11.2. The molecule has 0 amide bonds. The highest BCUT2D eigenvalue weighted by molar-refractivity contribution is 6.06. The fourth-order valence-corrected chi connectivity index (χ4v) is 4.78. The van der Waals surface area contributed by atoms with Gasteiger partial charge < -0.3 is 9.84 Å². The summed E-state index contributed by atoms with van der Waals surface area (Å²) in [5.41, 5.74) is 5.05. The van der Waals surface area contributed by atoms with Crippen LogP contribution in [0.25, 0.3) is 21.9 Å². The summed E-state index contributed by atoms with van der Waals surface area (Å²) in [5.74, 6) is -1.30. The largest absolute Gasteiger partial charge is 0.478 e. The molecule has 0 radical (unpaired) electrons. The summed E-state index contributed by atoms with van der Waals surface area (Å²) in [7, 11) is 0. The second-order valence-electron chi connectivity index (χ2n) is 10.0. The molecule has 4 heteroatoms. The molecule has 1 N–H and O–H groups in total. The zero-order valence-electron chi connectivity index (χ0n) is 19.4. The lowest BCUT2D eigenvalue weighted by Gasteiger charge is -2.42. The minimum absolute atomic E-state index is 0.0103. The molecule has 0 unspecified atom stereocenters. The van der Waals surface area contributed by atoms with Crippen LogP contribution in [0.3, 0.4) is 0 Å². The Labute approximate surface area is 189 Å². The zero-order valence-corrected chi connectivity index (χ0v) is 19.4. The molecule has 32 heavy (non-hydrogen) atoms. The van der Waals surface area contributed by atoms with Crippen molar-refractivity contribution in [1.29, 1.82) is 0 Å². The SMILES string of the molecule is CCOC(=O)c1ccc(-c2cc(C(=O)O)c3cc4c(cc3c2)C(C)(C)CCC4(C)C)cc1. The Kier molecular flexibility index (Phi) is 5.36. The molecule has 0 spiro atoms. The standard InChI is InChI=1S/C28H30O4/c1-6-32-26(31)18-9-7-17(8-10-18)19-13-20-15-23-24(16-21(20)22(14-19)25(29)30)28(4,5)12-11-27(23,2)3/h7-10,13-16H,6,11-12H2,1-5H3,(H,29,30). The molecule has 3 aromatic carbocycles. The van der Waals surface area contributed by atoms with Crippen molar-refractivity contribution in [2.24, 2.45) is 0 Å². The van der Waals surface area contributed by atoms with Gasteiger partial charge >= 0.3 is 11.9 Å². The highest BCUT2D eigenvalue weighted by atomic mass is 16.5. The number of carboxylic acid groups (broad SMARTS) is 1. The third-order valence-corrected chi connectivity index (χ3v) is 6.88. The molecule has 4 nitrogen and oxygen atoms in total. The molecule has 0 atom stereocenters. The van der Waals surface area contributed by atoms with E-state index in [1.54, 1.807) is 25.1 Å². The topological polar surface area (TPSA) is 63.6 Å². The maximum absolute atomic E-state index is 12.2. The van der Waals surface area contributed by atoms with Gasteiger partial charge in [-0.3, -0.25) is 0 Å². The number of carbonyl (C=O) groups excluding carboxylic acids is 1. The molecular formula is C28H30O4. The van der Waals surface area contributed by atoms with Gasteiger partial charge in [0.05, 0.1) is 17.7 Å². The van der Waals surface area contributed by atoms with E-state index in [4.69, 9.17) is 4.74 Å². The average molecular weight is 431 g/mol. The normalized spacial score (nSPS) is 16.4. The van der Waals surface area contributed by atoms with Crippen LogP contribution in [0.4, 0.5) is 0 Å². The van der Waals surface area contributed by atoms with Crippen molar-refractivity contribution in [3.63, 3.8) is 0 Å². The molecule has 0 heterocycles. The van der Waals surface area contributed by atoms with Crippen molar-refractivity contribution >= 4 is 22.7 Å². The number of hydrogen-bond acceptors (Lipinski definition) is 3. The van der Waals surface area contributed by atoms with Crippen LogP contribution in [0.15, 0.2) is 48.5 Å². The fraction of sp³-hybridized carbons (Fsp3) is 0.357. The summed E-state index contributed by atoms with van der Waals surface area (Å²) in [6, 6.07) is 15.2. The highest BCUT2D eigenvalue weighted by Crippen LogP contribution is 2.47. The van der Waals surface area contributed by atoms with Crippen LogP contribution < -0.4 is 0 Å². The molecule has 0 saturated carbocycles. The number of esters is 1. The van der Waals surface area contributed by atoms with E-state index in [9.17, 15) is 14.7 Å². The molecule has 1 aliphatic carbocycles. The van der Waals surface area contributed by atoms with Crippen molar-refractivity contribution in [3.8, 4) is 11.1 Å². The van der Waals surface area contributed by atoms with Crippen molar-refractivity contribution in [1.82, 2.24) is 0 Å². The molecule has 1 aliphatic rings. The van der Waals surface area contributed by atoms with Crippen LogP contribution in [-0.4, -0.2) is 23.7 Å². The van der Waals surface area contributed by atoms with Crippen LogP contribution >= 0.6 is 0 Å². The predicted molar refractivity (Wildman–Crippen MR) is 128 cm³/mol. The lowest BCUT2D eigenvalue weighted by Crippen LogP contribution is -2.33. The summed E-state index contributed by atoms with van der Waals surface area (Å²) < 4.78 is 5.05. The van der Waals surface area contributed by atoms with Crippen LogP contribution in [0.2, 0.25) is 0 Å². The van der Waals surface area contributed by atoms with E-state index in [-0.39, 0.29) is 16.8 Å². The van der Waals surface area contributed by atoms with E-state index in [0.29, 0.717) is 17.7 Å². The smallest absolute Gasteiger partial charge is 0.338 e. The second-order valence-corrected chi connectivity index (χ2v) is 10.0. The number of rotatable bonds is 4. The van der Waals surface area contributed by atoms with Crippen molar-refractivity contribution in [3.05, 3.63) is 70.8 Å². The molecule has 0 bridgehead atoms. The summed E-state index contributed by atoms with van der Waals surface area (Å²) in [6.45, 7) is 11.1. The van der Waals surface area contributed by atoms with Gasteiger partial charge in [-0.15, -0.1) is 0 Å². The van der Waals surface area contributed by atoms with Crippen molar-refractivity contribution in [2.75, 3.05) is 6.61 Å². The number of fused-ring (bicyclic) bond motifs is 2. The van der Waals surface area contributed by atoms with Gasteiger partial charge in [-0.25, -0.2) is 9.59 Å². The summed E-state index contributed by atoms with van der Waals surface area (Å²) in [5, 5.41) is 11.7. The van der Waals surface area contributed by atoms with E-state index >= 15 is 0 Å². The quantitative estimate of drug-likeness (QED) is 0.466. The Morgan fingerprint density at radius 3 is 2.03 bits per heavy atom.